The van der Waals surface area contributed by atoms with Crippen molar-refractivity contribution in [2.45, 2.75) is 70.9 Å². The second-order valence-electron chi connectivity index (χ2n) is 5.90. The van der Waals surface area contributed by atoms with E-state index in [0.717, 1.165) is 25.2 Å². The molecule has 0 aromatic heterocycles. The molecule has 112 valence electrons. The van der Waals surface area contributed by atoms with Crippen LogP contribution < -0.4 is 11.1 Å². The van der Waals surface area contributed by atoms with Crippen molar-refractivity contribution in [1.82, 2.24) is 5.32 Å². The first kappa shape index (κ1) is 16.4. The highest BCUT2D eigenvalue weighted by Crippen LogP contribution is 2.35. The van der Waals surface area contributed by atoms with E-state index >= 15 is 0 Å². The van der Waals surface area contributed by atoms with Gasteiger partial charge in [-0.3, -0.25) is 4.79 Å². The first-order valence-electron chi connectivity index (χ1n) is 7.68. The third-order valence-corrected chi connectivity index (χ3v) is 4.49. The number of amides is 1. The van der Waals surface area contributed by atoms with Crippen LogP contribution in [0.25, 0.3) is 0 Å². The molecule has 19 heavy (non-hydrogen) atoms. The lowest BCUT2D eigenvalue weighted by molar-refractivity contribution is -0.136. The van der Waals surface area contributed by atoms with Crippen molar-refractivity contribution < 1.29 is 9.53 Å². The number of carbonyl (C=O) groups excluding carboxylic acids is 1. The highest BCUT2D eigenvalue weighted by atomic mass is 16.5. The van der Waals surface area contributed by atoms with Crippen molar-refractivity contribution in [3.63, 3.8) is 0 Å². The predicted octanol–water partition coefficient (Wildman–Crippen LogP) is 2.22. The average Bonchev–Trinajstić information content (AvgIpc) is 2.45. The summed E-state index contributed by atoms with van der Waals surface area (Å²) >= 11 is 0. The van der Waals surface area contributed by atoms with Crippen molar-refractivity contribution in [1.29, 1.82) is 0 Å². The fourth-order valence-electron chi connectivity index (χ4n) is 2.66. The van der Waals surface area contributed by atoms with Gasteiger partial charge < -0.3 is 15.8 Å². The minimum Gasteiger partial charge on any atom is -0.364 e. The molecule has 1 aliphatic rings. The van der Waals surface area contributed by atoms with E-state index in [9.17, 15) is 4.79 Å². The molecule has 1 saturated carbocycles. The van der Waals surface area contributed by atoms with Gasteiger partial charge in [0, 0.05) is 12.6 Å². The van der Waals surface area contributed by atoms with Crippen molar-refractivity contribution in [3.8, 4) is 0 Å². The molecule has 1 unspecified atom stereocenters. The molecule has 4 nitrogen and oxygen atoms in total. The molecular formula is C15H30N2O2. The topological polar surface area (TPSA) is 64.3 Å². The summed E-state index contributed by atoms with van der Waals surface area (Å²) in [6.45, 7) is 6.95. The highest BCUT2D eigenvalue weighted by molar-refractivity contribution is 5.77. The lowest BCUT2D eigenvalue weighted by Gasteiger charge is -2.39. The van der Waals surface area contributed by atoms with Gasteiger partial charge in [-0.2, -0.15) is 0 Å². The first-order chi connectivity index (χ1) is 9.05. The normalized spacial score (nSPS) is 28.9. The van der Waals surface area contributed by atoms with Gasteiger partial charge in [0.25, 0.3) is 0 Å². The van der Waals surface area contributed by atoms with Crippen molar-refractivity contribution in [3.05, 3.63) is 0 Å². The molecule has 1 fully saturated rings. The Morgan fingerprint density at radius 2 is 2.05 bits per heavy atom. The van der Waals surface area contributed by atoms with Crippen LogP contribution in [0.5, 0.6) is 0 Å². The maximum Gasteiger partial charge on any atom is 0.246 e. The standard InChI is InChI=1S/C15H30N2O2/c1-4-12(3)17-14(18)10-19-15(11-16)8-6-13(5-2)7-9-15/h12-13H,4-11,16H2,1-3H3,(H,17,18). The second-order valence-corrected chi connectivity index (χ2v) is 5.90. The molecule has 1 atom stereocenters. The number of hydrogen-bond acceptors (Lipinski definition) is 3. The van der Waals surface area contributed by atoms with E-state index in [0.29, 0.717) is 6.54 Å². The summed E-state index contributed by atoms with van der Waals surface area (Å²) in [6, 6.07) is 0.209. The summed E-state index contributed by atoms with van der Waals surface area (Å²) in [5.74, 6) is 0.775. The number of carbonyl (C=O) groups is 1. The van der Waals surface area contributed by atoms with Gasteiger partial charge in [0.1, 0.15) is 6.61 Å². The van der Waals surface area contributed by atoms with Crippen molar-refractivity contribution in [2.75, 3.05) is 13.2 Å². The van der Waals surface area contributed by atoms with E-state index in [2.05, 4.69) is 19.2 Å². The van der Waals surface area contributed by atoms with Gasteiger partial charge in [-0.25, -0.2) is 0 Å². The summed E-state index contributed by atoms with van der Waals surface area (Å²) in [6.07, 6.45) is 6.47. The van der Waals surface area contributed by atoms with E-state index in [1.54, 1.807) is 0 Å². The van der Waals surface area contributed by atoms with Crippen molar-refractivity contribution in [2.24, 2.45) is 11.7 Å². The molecule has 0 aromatic carbocycles. The molecular weight excluding hydrogens is 240 g/mol. The fraction of sp³-hybridized carbons (Fsp3) is 0.933. The van der Waals surface area contributed by atoms with E-state index in [4.69, 9.17) is 10.5 Å². The molecule has 0 bridgehead atoms. The first-order valence-corrected chi connectivity index (χ1v) is 7.68. The quantitative estimate of drug-likeness (QED) is 0.745. The largest absolute Gasteiger partial charge is 0.364 e. The Morgan fingerprint density at radius 3 is 2.53 bits per heavy atom. The average molecular weight is 270 g/mol. The third-order valence-electron chi connectivity index (χ3n) is 4.49. The lowest BCUT2D eigenvalue weighted by Crippen LogP contribution is -2.46. The molecule has 0 aliphatic heterocycles. The molecule has 1 amide bonds. The molecule has 1 rings (SSSR count). The molecule has 0 heterocycles. The Hall–Kier alpha value is -0.610. The van der Waals surface area contributed by atoms with Crippen LogP contribution in [0.4, 0.5) is 0 Å². The molecule has 4 heteroatoms. The van der Waals surface area contributed by atoms with Gasteiger partial charge in [-0.15, -0.1) is 0 Å². The minimum absolute atomic E-state index is 0.0280. The number of nitrogens with two attached hydrogens (primary N) is 1. The summed E-state index contributed by atoms with van der Waals surface area (Å²) in [5.41, 5.74) is 5.62. The van der Waals surface area contributed by atoms with Crippen LogP contribution in [0.2, 0.25) is 0 Å². The van der Waals surface area contributed by atoms with Gasteiger partial charge in [0.15, 0.2) is 0 Å². The maximum absolute atomic E-state index is 11.8. The minimum atomic E-state index is -0.265. The summed E-state index contributed by atoms with van der Waals surface area (Å²) < 4.78 is 5.88. The van der Waals surface area contributed by atoms with Gasteiger partial charge in [-0.1, -0.05) is 20.3 Å². The van der Waals surface area contributed by atoms with Crippen LogP contribution in [0, 0.1) is 5.92 Å². The molecule has 0 aromatic rings. The number of rotatable bonds is 7. The Morgan fingerprint density at radius 1 is 1.42 bits per heavy atom. The number of nitrogens with one attached hydrogen (secondary N) is 1. The van der Waals surface area contributed by atoms with Gasteiger partial charge in [0.05, 0.1) is 5.60 Å². The monoisotopic (exact) mass is 270 g/mol. The Bertz CT molecular complexity index is 273. The summed E-state index contributed by atoms with van der Waals surface area (Å²) in [5, 5.41) is 2.93. The van der Waals surface area contributed by atoms with Crippen LogP contribution in [0.1, 0.15) is 59.3 Å². The van der Waals surface area contributed by atoms with Gasteiger partial charge in [-0.05, 0) is 44.9 Å². The Balaban J connectivity index is 2.38. The van der Waals surface area contributed by atoms with Crippen LogP contribution >= 0.6 is 0 Å². The fourth-order valence-corrected chi connectivity index (χ4v) is 2.66. The third kappa shape index (κ3) is 5.11. The highest BCUT2D eigenvalue weighted by Gasteiger charge is 2.35. The zero-order valence-corrected chi connectivity index (χ0v) is 12.7. The van der Waals surface area contributed by atoms with Crippen molar-refractivity contribution >= 4 is 5.91 Å². The smallest absolute Gasteiger partial charge is 0.246 e. The van der Waals surface area contributed by atoms with Crippen LogP contribution in [-0.4, -0.2) is 30.7 Å². The van der Waals surface area contributed by atoms with Crippen LogP contribution in [0.3, 0.4) is 0 Å². The second kappa shape index (κ2) is 7.85. The van der Waals surface area contributed by atoms with Gasteiger partial charge >= 0.3 is 0 Å². The number of hydrogen-bond donors (Lipinski definition) is 2. The molecule has 0 saturated heterocycles. The summed E-state index contributed by atoms with van der Waals surface area (Å²) in [7, 11) is 0. The molecule has 0 spiro atoms. The SMILES string of the molecule is CCC1CCC(CN)(OCC(=O)NC(C)CC)CC1. The zero-order valence-electron chi connectivity index (χ0n) is 12.7. The zero-order chi connectivity index (χ0) is 14.3. The molecule has 3 N–H and O–H groups in total. The predicted molar refractivity (Wildman–Crippen MR) is 77.9 cm³/mol. The van der Waals surface area contributed by atoms with Crippen LogP contribution in [0.15, 0.2) is 0 Å². The lowest BCUT2D eigenvalue weighted by atomic mass is 9.77. The summed E-state index contributed by atoms with van der Waals surface area (Å²) in [4.78, 5) is 11.8. The Labute approximate surface area is 117 Å². The number of ether oxygens (including phenoxy) is 1. The van der Waals surface area contributed by atoms with Crippen LogP contribution in [-0.2, 0) is 9.53 Å². The van der Waals surface area contributed by atoms with E-state index in [1.807, 2.05) is 6.92 Å². The van der Waals surface area contributed by atoms with E-state index in [-0.39, 0.29) is 24.2 Å². The molecule has 0 radical (unpaired) electrons. The molecule has 1 aliphatic carbocycles. The van der Waals surface area contributed by atoms with E-state index in [1.165, 1.54) is 19.3 Å². The Kier molecular flexibility index (Phi) is 6.80. The van der Waals surface area contributed by atoms with E-state index < -0.39 is 0 Å². The maximum atomic E-state index is 11.8. The van der Waals surface area contributed by atoms with Gasteiger partial charge in [0.2, 0.25) is 5.91 Å².